The van der Waals surface area contributed by atoms with Crippen molar-refractivity contribution in [2.24, 2.45) is 5.92 Å². The van der Waals surface area contributed by atoms with Gasteiger partial charge in [0.05, 0.1) is 4.90 Å². The summed E-state index contributed by atoms with van der Waals surface area (Å²) >= 11 is 1.52. The number of aryl methyl sites for hydroxylation is 1. The van der Waals surface area contributed by atoms with Gasteiger partial charge in [-0.3, -0.25) is 0 Å². The lowest BCUT2D eigenvalue weighted by molar-refractivity contribution is 0.528. The Morgan fingerprint density at radius 2 is 2.11 bits per heavy atom. The van der Waals surface area contributed by atoms with Crippen LogP contribution in [0, 0.1) is 12.8 Å². The van der Waals surface area contributed by atoms with Crippen molar-refractivity contribution >= 4 is 21.4 Å². The van der Waals surface area contributed by atoms with Crippen LogP contribution in [-0.2, 0) is 16.6 Å². The molecular weight excluding hydrogens is 268 g/mol. The molecule has 0 fully saturated rings. The lowest BCUT2D eigenvalue weighted by Crippen LogP contribution is -2.28. The Bertz CT molecular complexity index is 480. The predicted molar refractivity (Wildman–Crippen MR) is 76.5 cm³/mol. The highest BCUT2D eigenvalue weighted by Crippen LogP contribution is 2.25. The minimum Gasteiger partial charge on any atom is -0.315 e. The molecule has 1 aromatic heterocycles. The molecule has 0 amide bonds. The first-order valence-corrected chi connectivity index (χ1v) is 8.44. The molecule has 1 aromatic rings. The summed E-state index contributed by atoms with van der Waals surface area (Å²) in [6.45, 7) is 7.14. The Morgan fingerprint density at radius 3 is 2.67 bits per heavy atom. The van der Waals surface area contributed by atoms with Crippen LogP contribution in [-0.4, -0.2) is 22.0 Å². The Labute approximate surface area is 114 Å². The molecule has 0 saturated heterocycles. The number of hydrogen-bond acceptors (Lipinski definition) is 4. The van der Waals surface area contributed by atoms with Crippen molar-refractivity contribution in [2.75, 3.05) is 13.6 Å². The molecule has 1 heterocycles. The van der Waals surface area contributed by atoms with Crippen molar-refractivity contribution in [2.45, 2.75) is 38.6 Å². The Kier molecular flexibility index (Phi) is 5.78. The van der Waals surface area contributed by atoms with E-state index in [1.54, 1.807) is 6.07 Å². The van der Waals surface area contributed by atoms with Crippen molar-refractivity contribution in [3.05, 3.63) is 15.8 Å². The van der Waals surface area contributed by atoms with E-state index in [9.17, 15) is 8.42 Å². The largest absolute Gasteiger partial charge is 0.315 e. The molecule has 1 rings (SSSR count). The van der Waals surface area contributed by atoms with Crippen molar-refractivity contribution in [1.29, 1.82) is 0 Å². The van der Waals surface area contributed by atoms with Crippen LogP contribution in [0.25, 0.3) is 0 Å². The summed E-state index contributed by atoms with van der Waals surface area (Å²) in [5, 5.41) is 3.03. The summed E-state index contributed by atoms with van der Waals surface area (Å²) in [5.41, 5.74) is 0. The molecule has 18 heavy (non-hydrogen) atoms. The summed E-state index contributed by atoms with van der Waals surface area (Å²) in [5.74, 6) is 0.357. The molecular formula is C12H22N2O2S2. The van der Waals surface area contributed by atoms with E-state index >= 15 is 0 Å². The van der Waals surface area contributed by atoms with Crippen LogP contribution in [0.2, 0.25) is 0 Å². The van der Waals surface area contributed by atoms with Gasteiger partial charge >= 0.3 is 0 Å². The minimum absolute atomic E-state index is 0.357. The highest BCUT2D eigenvalue weighted by molar-refractivity contribution is 7.89. The third-order valence-corrected chi connectivity index (χ3v) is 5.61. The second-order valence-corrected chi connectivity index (χ2v) is 7.61. The van der Waals surface area contributed by atoms with Crippen LogP contribution in [0.4, 0.5) is 0 Å². The quantitative estimate of drug-likeness (QED) is 0.808. The van der Waals surface area contributed by atoms with E-state index in [0.717, 1.165) is 16.2 Å². The van der Waals surface area contributed by atoms with E-state index in [4.69, 9.17) is 0 Å². The SMILES string of the molecule is CCC(C)CNS(=O)(=O)c1cc(CNC)sc1C. The fraction of sp³-hybridized carbons (Fsp3) is 0.667. The first-order valence-electron chi connectivity index (χ1n) is 6.14. The molecule has 6 heteroatoms. The zero-order chi connectivity index (χ0) is 13.8. The maximum absolute atomic E-state index is 12.2. The van der Waals surface area contributed by atoms with Gasteiger partial charge in [-0.2, -0.15) is 0 Å². The van der Waals surface area contributed by atoms with E-state index in [2.05, 4.69) is 17.0 Å². The summed E-state index contributed by atoms with van der Waals surface area (Å²) in [6.07, 6.45) is 0.968. The molecule has 0 spiro atoms. The summed E-state index contributed by atoms with van der Waals surface area (Å²) in [6, 6.07) is 1.76. The van der Waals surface area contributed by atoms with Gasteiger partial charge in [-0.1, -0.05) is 20.3 Å². The van der Waals surface area contributed by atoms with Gasteiger partial charge in [-0.05, 0) is 26.0 Å². The van der Waals surface area contributed by atoms with Gasteiger partial charge in [0.2, 0.25) is 10.0 Å². The summed E-state index contributed by atoms with van der Waals surface area (Å²) in [4.78, 5) is 2.30. The molecule has 0 bridgehead atoms. The van der Waals surface area contributed by atoms with E-state index < -0.39 is 10.0 Å². The smallest absolute Gasteiger partial charge is 0.241 e. The molecule has 2 N–H and O–H groups in total. The molecule has 0 aromatic carbocycles. The van der Waals surface area contributed by atoms with Crippen LogP contribution < -0.4 is 10.0 Å². The molecule has 0 aliphatic rings. The molecule has 1 unspecified atom stereocenters. The van der Waals surface area contributed by atoms with Gasteiger partial charge in [-0.25, -0.2) is 13.1 Å². The first-order chi connectivity index (χ1) is 8.40. The third-order valence-electron chi connectivity index (χ3n) is 2.88. The number of sulfonamides is 1. The normalized spacial score (nSPS) is 13.8. The number of thiophene rings is 1. The lowest BCUT2D eigenvalue weighted by Gasteiger charge is -2.10. The second kappa shape index (κ2) is 6.65. The van der Waals surface area contributed by atoms with Gasteiger partial charge in [0.25, 0.3) is 0 Å². The third kappa shape index (κ3) is 4.05. The van der Waals surface area contributed by atoms with Gasteiger partial charge in [0.15, 0.2) is 0 Å². The Morgan fingerprint density at radius 1 is 1.44 bits per heavy atom. The Hall–Kier alpha value is -0.430. The summed E-state index contributed by atoms with van der Waals surface area (Å²) < 4.78 is 27.0. The van der Waals surface area contributed by atoms with Crippen molar-refractivity contribution < 1.29 is 8.42 Å². The van der Waals surface area contributed by atoms with E-state index in [-0.39, 0.29) is 0 Å². The van der Waals surface area contributed by atoms with Crippen LogP contribution >= 0.6 is 11.3 Å². The summed E-state index contributed by atoms with van der Waals surface area (Å²) in [7, 11) is -1.51. The molecule has 1 atom stereocenters. The monoisotopic (exact) mass is 290 g/mol. The van der Waals surface area contributed by atoms with E-state index in [0.29, 0.717) is 23.9 Å². The van der Waals surface area contributed by atoms with E-state index in [1.165, 1.54) is 11.3 Å². The molecule has 0 radical (unpaired) electrons. The van der Waals surface area contributed by atoms with Gasteiger partial charge in [0, 0.05) is 22.8 Å². The molecule has 0 aliphatic carbocycles. The van der Waals surface area contributed by atoms with Crippen LogP contribution in [0.15, 0.2) is 11.0 Å². The topological polar surface area (TPSA) is 58.2 Å². The molecule has 4 nitrogen and oxygen atoms in total. The second-order valence-electron chi connectivity index (χ2n) is 4.53. The Balaban J connectivity index is 2.84. The average molecular weight is 290 g/mol. The maximum atomic E-state index is 12.2. The van der Waals surface area contributed by atoms with Crippen molar-refractivity contribution in [3.8, 4) is 0 Å². The van der Waals surface area contributed by atoms with Crippen LogP contribution in [0.5, 0.6) is 0 Å². The van der Waals surface area contributed by atoms with E-state index in [1.807, 2.05) is 20.9 Å². The highest BCUT2D eigenvalue weighted by Gasteiger charge is 2.19. The fourth-order valence-corrected chi connectivity index (χ4v) is 4.34. The average Bonchev–Trinajstić information content (AvgIpc) is 2.68. The lowest BCUT2D eigenvalue weighted by atomic mass is 10.1. The molecule has 0 aliphatic heterocycles. The zero-order valence-electron chi connectivity index (χ0n) is 11.4. The molecule has 104 valence electrons. The van der Waals surface area contributed by atoms with Crippen molar-refractivity contribution in [3.63, 3.8) is 0 Å². The van der Waals surface area contributed by atoms with Crippen molar-refractivity contribution in [1.82, 2.24) is 10.0 Å². The molecule has 0 saturated carbocycles. The van der Waals surface area contributed by atoms with Gasteiger partial charge in [0.1, 0.15) is 0 Å². The van der Waals surface area contributed by atoms with Crippen LogP contribution in [0.1, 0.15) is 30.0 Å². The maximum Gasteiger partial charge on any atom is 0.241 e. The highest BCUT2D eigenvalue weighted by atomic mass is 32.2. The predicted octanol–water partition coefficient (Wildman–Crippen LogP) is 2.10. The number of hydrogen-bond donors (Lipinski definition) is 2. The van der Waals surface area contributed by atoms with Gasteiger partial charge in [-0.15, -0.1) is 11.3 Å². The zero-order valence-corrected chi connectivity index (χ0v) is 13.0. The minimum atomic E-state index is -3.36. The number of rotatable bonds is 7. The fourth-order valence-electron chi connectivity index (χ4n) is 1.53. The van der Waals surface area contributed by atoms with Crippen LogP contribution in [0.3, 0.4) is 0 Å². The van der Waals surface area contributed by atoms with Gasteiger partial charge < -0.3 is 5.32 Å². The first kappa shape index (κ1) is 15.6. The number of nitrogens with one attached hydrogen (secondary N) is 2. The standard InChI is InChI=1S/C12H22N2O2S2/c1-5-9(2)7-14-18(15,16)12-6-11(8-13-4)17-10(12)3/h6,9,13-14H,5,7-8H2,1-4H3.